The fourth-order valence-corrected chi connectivity index (χ4v) is 3.48. The van der Waals surface area contributed by atoms with Gasteiger partial charge in [-0.2, -0.15) is 0 Å². The van der Waals surface area contributed by atoms with Gasteiger partial charge in [-0.3, -0.25) is 9.79 Å². The van der Waals surface area contributed by atoms with Crippen molar-refractivity contribution in [1.82, 2.24) is 9.80 Å². The number of methoxy groups -OCH3 is 1. The summed E-state index contributed by atoms with van der Waals surface area (Å²) in [5, 5.41) is 3.11. The highest BCUT2D eigenvalue weighted by atomic mass is 32.2. The molecular formula is C12H17N3O2S. The monoisotopic (exact) mass is 267 g/mol. The van der Waals surface area contributed by atoms with E-state index in [0.717, 1.165) is 43.5 Å². The van der Waals surface area contributed by atoms with E-state index < -0.39 is 0 Å². The number of hydrogen-bond acceptors (Lipinski definition) is 5. The lowest BCUT2D eigenvalue weighted by molar-refractivity contribution is -0.130. The maximum atomic E-state index is 12.2. The SMILES string of the molecule is COC1CCN(C(=O)CC2=CSC3=NCCN23)C1. The van der Waals surface area contributed by atoms with Gasteiger partial charge in [0.1, 0.15) is 0 Å². The van der Waals surface area contributed by atoms with Crippen LogP contribution in [0.5, 0.6) is 0 Å². The molecule has 18 heavy (non-hydrogen) atoms. The Balaban J connectivity index is 1.57. The molecule has 1 amide bonds. The number of amidine groups is 1. The number of nitrogens with zero attached hydrogens (tertiary/aromatic N) is 3. The number of amides is 1. The molecule has 3 aliphatic heterocycles. The molecule has 0 saturated carbocycles. The molecule has 5 nitrogen and oxygen atoms in total. The van der Waals surface area contributed by atoms with E-state index >= 15 is 0 Å². The quantitative estimate of drug-likeness (QED) is 0.761. The van der Waals surface area contributed by atoms with Crippen molar-refractivity contribution in [2.75, 3.05) is 33.3 Å². The molecule has 0 spiro atoms. The van der Waals surface area contributed by atoms with E-state index in [1.165, 1.54) is 0 Å². The third-order valence-corrected chi connectivity index (χ3v) is 4.56. The Morgan fingerprint density at radius 1 is 1.61 bits per heavy atom. The lowest BCUT2D eigenvalue weighted by Crippen LogP contribution is -2.32. The first-order valence-electron chi connectivity index (χ1n) is 6.26. The highest BCUT2D eigenvalue weighted by Crippen LogP contribution is 2.31. The lowest BCUT2D eigenvalue weighted by atomic mass is 10.3. The first-order chi connectivity index (χ1) is 8.78. The van der Waals surface area contributed by atoms with Gasteiger partial charge in [0.15, 0.2) is 5.17 Å². The van der Waals surface area contributed by atoms with Crippen molar-refractivity contribution in [1.29, 1.82) is 0 Å². The zero-order valence-corrected chi connectivity index (χ0v) is 11.3. The van der Waals surface area contributed by atoms with E-state index in [9.17, 15) is 4.79 Å². The first-order valence-corrected chi connectivity index (χ1v) is 7.14. The Labute approximate surface area is 111 Å². The largest absolute Gasteiger partial charge is 0.380 e. The molecule has 1 saturated heterocycles. The number of aliphatic imine (C=N–C) groups is 1. The summed E-state index contributed by atoms with van der Waals surface area (Å²) in [5.74, 6) is 0.203. The number of fused-ring (bicyclic) bond motifs is 1. The van der Waals surface area contributed by atoms with Gasteiger partial charge in [-0.05, 0) is 11.8 Å². The smallest absolute Gasteiger partial charge is 0.228 e. The fourth-order valence-electron chi connectivity index (χ4n) is 2.53. The molecule has 1 unspecified atom stereocenters. The Morgan fingerprint density at radius 2 is 2.50 bits per heavy atom. The topological polar surface area (TPSA) is 45.1 Å². The summed E-state index contributed by atoms with van der Waals surface area (Å²) >= 11 is 1.63. The average molecular weight is 267 g/mol. The summed E-state index contributed by atoms with van der Waals surface area (Å²) in [6.45, 7) is 3.32. The van der Waals surface area contributed by atoms with Crippen molar-refractivity contribution >= 4 is 22.8 Å². The Morgan fingerprint density at radius 3 is 3.28 bits per heavy atom. The molecule has 3 aliphatic rings. The van der Waals surface area contributed by atoms with E-state index in [4.69, 9.17) is 4.74 Å². The molecule has 0 bridgehead atoms. The van der Waals surface area contributed by atoms with Gasteiger partial charge in [-0.1, -0.05) is 11.8 Å². The summed E-state index contributed by atoms with van der Waals surface area (Å²) in [6.07, 6.45) is 1.65. The number of carbonyl (C=O) groups excluding carboxylic acids is 1. The van der Waals surface area contributed by atoms with Crippen molar-refractivity contribution in [2.45, 2.75) is 18.9 Å². The Bertz CT molecular complexity index is 422. The summed E-state index contributed by atoms with van der Waals surface area (Å²) in [7, 11) is 1.71. The standard InChI is InChI=1S/C12H17N3O2S/c1-17-10-2-4-14(7-10)11(16)6-9-8-18-12-13-3-5-15(9)12/h8,10H,2-7H2,1H3. The lowest BCUT2D eigenvalue weighted by Gasteiger charge is -2.20. The maximum absolute atomic E-state index is 12.2. The molecule has 1 atom stereocenters. The zero-order valence-electron chi connectivity index (χ0n) is 10.5. The van der Waals surface area contributed by atoms with Crippen LogP contribution in [0.4, 0.5) is 0 Å². The summed E-state index contributed by atoms with van der Waals surface area (Å²) in [4.78, 5) is 20.7. The highest BCUT2D eigenvalue weighted by Gasteiger charge is 2.31. The molecule has 0 radical (unpaired) electrons. The van der Waals surface area contributed by atoms with Crippen LogP contribution in [-0.4, -0.2) is 60.3 Å². The minimum Gasteiger partial charge on any atom is -0.380 e. The van der Waals surface area contributed by atoms with E-state index in [0.29, 0.717) is 6.42 Å². The van der Waals surface area contributed by atoms with Crippen LogP contribution in [0.1, 0.15) is 12.8 Å². The molecule has 3 heterocycles. The van der Waals surface area contributed by atoms with Crippen molar-refractivity contribution in [3.63, 3.8) is 0 Å². The van der Waals surface area contributed by atoms with Gasteiger partial charge in [0, 0.05) is 32.4 Å². The number of carbonyl (C=O) groups is 1. The Kier molecular flexibility index (Phi) is 3.30. The number of rotatable bonds is 3. The molecular weight excluding hydrogens is 250 g/mol. The molecule has 0 aromatic heterocycles. The van der Waals surface area contributed by atoms with Crippen molar-refractivity contribution < 1.29 is 9.53 Å². The zero-order chi connectivity index (χ0) is 12.5. The molecule has 1 fully saturated rings. The van der Waals surface area contributed by atoms with Crippen molar-refractivity contribution in [3.05, 3.63) is 11.1 Å². The van der Waals surface area contributed by atoms with Crippen LogP contribution >= 0.6 is 11.8 Å². The second-order valence-corrected chi connectivity index (χ2v) is 5.54. The third-order valence-electron chi connectivity index (χ3n) is 3.61. The summed E-state index contributed by atoms with van der Waals surface area (Å²) < 4.78 is 5.29. The van der Waals surface area contributed by atoms with Crippen molar-refractivity contribution in [2.24, 2.45) is 4.99 Å². The minimum atomic E-state index is 0.203. The van der Waals surface area contributed by atoms with Crippen LogP contribution in [0.2, 0.25) is 0 Å². The van der Waals surface area contributed by atoms with Crippen LogP contribution in [0, 0.1) is 0 Å². The normalized spacial score (nSPS) is 26.4. The Hall–Kier alpha value is -1.01. The fraction of sp³-hybridized carbons (Fsp3) is 0.667. The van der Waals surface area contributed by atoms with E-state index in [1.54, 1.807) is 18.9 Å². The highest BCUT2D eigenvalue weighted by molar-refractivity contribution is 8.16. The minimum absolute atomic E-state index is 0.203. The van der Waals surface area contributed by atoms with Gasteiger partial charge in [0.05, 0.1) is 19.1 Å². The van der Waals surface area contributed by atoms with Gasteiger partial charge >= 0.3 is 0 Å². The number of thioether (sulfide) groups is 1. The molecule has 6 heteroatoms. The molecule has 0 aromatic carbocycles. The van der Waals surface area contributed by atoms with Crippen LogP contribution in [0.25, 0.3) is 0 Å². The molecule has 3 rings (SSSR count). The van der Waals surface area contributed by atoms with Crippen LogP contribution in [0.3, 0.4) is 0 Å². The van der Waals surface area contributed by atoms with E-state index in [1.807, 2.05) is 4.90 Å². The molecule has 0 aliphatic carbocycles. The number of likely N-dealkylation sites (tertiary alicyclic amines) is 1. The second-order valence-electron chi connectivity index (χ2n) is 4.71. The number of hydrogen-bond donors (Lipinski definition) is 0. The van der Waals surface area contributed by atoms with E-state index in [2.05, 4.69) is 15.3 Å². The van der Waals surface area contributed by atoms with Crippen LogP contribution in [0.15, 0.2) is 16.1 Å². The second kappa shape index (κ2) is 4.93. The van der Waals surface area contributed by atoms with E-state index in [-0.39, 0.29) is 12.0 Å². The van der Waals surface area contributed by atoms with Crippen LogP contribution < -0.4 is 0 Å². The van der Waals surface area contributed by atoms with Crippen molar-refractivity contribution in [3.8, 4) is 0 Å². The molecule has 98 valence electrons. The number of ether oxygens (including phenoxy) is 1. The summed E-state index contributed by atoms with van der Waals surface area (Å²) in [6, 6.07) is 0. The third kappa shape index (κ3) is 2.14. The van der Waals surface area contributed by atoms with Gasteiger partial charge < -0.3 is 14.5 Å². The predicted molar refractivity (Wildman–Crippen MR) is 71.3 cm³/mol. The predicted octanol–water partition coefficient (Wildman–Crippen LogP) is 0.884. The van der Waals surface area contributed by atoms with Gasteiger partial charge in [0.2, 0.25) is 5.91 Å². The van der Waals surface area contributed by atoms with Crippen LogP contribution in [-0.2, 0) is 9.53 Å². The summed E-state index contributed by atoms with van der Waals surface area (Å²) in [5.41, 5.74) is 1.10. The molecule has 0 N–H and O–H groups in total. The molecule has 0 aromatic rings. The van der Waals surface area contributed by atoms with Gasteiger partial charge in [0.25, 0.3) is 0 Å². The first kappa shape index (κ1) is 12.0. The average Bonchev–Trinajstić information content (AvgIpc) is 3.05. The van der Waals surface area contributed by atoms with Gasteiger partial charge in [-0.15, -0.1) is 0 Å². The maximum Gasteiger partial charge on any atom is 0.228 e. The van der Waals surface area contributed by atoms with Gasteiger partial charge in [-0.25, -0.2) is 0 Å².